The number of amides is 1. The van der Waals surface area contributed by atoms with Crippen molar-refractivity contribution >= 4 is 40.6 Å². The van der Waals surface area contributed by atoms with Gasteiger partial charge in [-0.15, -0.1) is 10.2 Å². The Balaban J connectivity index is 1.71. The van der Waals surface area contributed by atoms with Gasteiger partial charge >= 0.3 is 0 Å². The Morgan fingerprint density at radius 1 is 1.04 bits per heavy atom. The molecule has 2 heterocycles. The number of aromatic nitrogens is 2. The van der Waals surface area contributed by atoms with Crippen molar-refractivity contribution in [1.29, 1.82) is 0 Å². The number of hydrogen-bond donors (Lipinski definition) is 1. The monoisotopic (exact) mass is 350 g/mol. The predicted octanol–water partition coefficient (Wildman–Crippen LogP) is 4.03. The number of rotatable bonds is 3. The van der Waals surface area contributed by atoms with Crippen molar-refractivity contribution in [2.45, 2.75) is 19.3 Å². The fraction of sp³-hybridized carbons (Fsp3) is 0.312. The molecule has 0 atom stereocenters. The predicted molar refractivity (Wildman–Crippen MR) is 92.5 cm³/mol. The van der Waals surface area contributed by atoms with Crippen molar-refractivity contribution in [2.75, 3.05) is 23.3 Å². The number of carbonyl (C=O) groups is 1. The zero-order chi connectivity index (χ0) is 16.2. The first kappa shape index (κ1) is 16.0. The highest BCUT2D eigenvalue weighted by molar-refractivity contribution is 6.44. The van der Waals surface area contributed by atoms with Crippen LogP contribution in [0, 0.1) is 0 Å². The van der Waals surface area contributed by atoms with E-state index in [1.54, 1.807) is 24.3 Å². The summed E-state index contributed by atoms with van der Waals surface area (Å²) in [5.41, 5.74) is 0.688. The van der Waals surface area contributed by atoms with Crippen LogP contribution in [0.25, 0.3) is 0 Å². The second-order valence-electron chi connectivity index (χ2n) is 5.38. The van der Waals surface area contributed by atoms with Gasteiger partial charge in [0.05, 0.1) is 15.7 Å². The third-order valence-electron chi connectivity index (χ3n) is 3.76. The highest BCUT2D eigenvalue weighted by Gasteiger charge is 2.15. The van der Waals surface area contributed by atoms with Gasteiger partial charge in [-0.1, -0.05) is 29.3 Å². The lowest BCUT2D eigenvalue weighted by molar-refractivity contribution is 0.102. The van der Waals surface area contributed by atoms with E-state index >= 15 is 0 Å². The fourth-order valence-electron chi connectivity index (χ4n) is 2.52. The molecule has 1 N–H and O–H groups in total. The van der Waals surface area contributed by atoms with Gasteiger partial charge in [0.15, 0.2) is 11.5 Å². The number of hydrogen-bond acceptors (Lipinski definition) is 4. The highest BCUT2D eigenvalue weighted by Crippen LogP contribution is 2.29. The van der Waals surface area contributed by atoms with Gasteiger partial charge in [0.25, 0.3) is 5.91 Å². The molecule has 0 radical (unpaired) electrons. The normalized spacial score (nSPS) is 14.6. The third kappa shape index (κ3) is 3.74. The SMILES string of the molecule is O=C(Nc1cccc(Cl)c1Cl)c1ccc(N2CCCCC2)nn1. The van der Waals surface area contributed by atoms with E-state index in [1.165, 1.54) is 6.42 Å². The molecule has 1 saturated heterocycles. The zero-order valence-corrected chi connectivity index (χ0v) is 13.9. The van der Waals surface area contributed by atoms with Crippen molar-refractivity contribution in [2.24, 2.45) is 0 Å². The highest BCUT2D eigenvalue weighted by atomic mass is 35.5. The number of benzene rings is 1. The summed E-state index contributed by atoms with van der Waals surface area (Å²) in [6.07, 6.45) is 3.58. The second kappa shape index (κ2) is 7.15. The van der Waals surface area contributed by atoms with Crippen molar-refractivity contribution in [1.82, 2.24) is 10.2 Å². The van der Waals surface area contributed by atoms with Crippen LogP contribution in [0.15, 0.2) is 30.3 Å². The van der Waals surface area contributed by atoms with Crippen LogP contribution < -0.4 is 10.2 Å². The Hall–Kier alpha value is -1.85. The number of anilines is 2. The molecule has 1 aromatic heterocycles. The van der Waals surface area contributed by atoms with Gasteiger partial charge in [0.2, 0.25) is 0 Å². The zero-order valence-electron chi connectivity index (χ0n) is 12.4. The van der Waals surface area contributed by atoms with Gasteiger partial charge in [-0.05, 0) is 43.5 Å². The summed E-state index contributed by atoms with van der Waals surface area (Å²) >= 11 is 12.0. The molecule has 0 spiro atoms. The van der Waals surface area contributed by atoms with E-state index in [2.05, 4.69) is 20.4 Å². The molecule has 1 aliphatic rings. The molecule has 1 aliphatic heterocycles. The molecule has 7 heteroatoms. The van der Waals surface area contributed by atoms with Crippen molar-refractivity contribution in [3.8, 4) is 0 Å². The van der Waals surface area contributed by atoms with Crippen molar-refractivity contribution in [3.63, 3.8) is 0 Å². The molecule has 1 amide bonds. The molecule has 2 aromatic rings. The minimum absolute atomic E-state index is 0.238. The van der Waals surface area contributed by atoms with Crippen LogP contribution in [-0.2, 0) is 0 Å². The molecule has 0 saturated carbocycles. The van der Waals surface area contributed by atoms with Crippen LogP contribution in [0.4, 0.5) is 11.5 Å². The maximum atomic E-state index is 12.2. The molecule has 0 aliphatic carbocycles. The Morgan fingerprint density at radius 3 is 2.52 bits per heavy atom. The summed E-state index contributed by atoms with van der Waals surface area (Å²) in [5, 5.41) is 11.6. The standard InChI is InChI=1S/C16H16Cl2N4O/c17-11-5-4-6-12(15(11)18)19-16(23)13-7-8-14(21-20-13)22-9-2-1-3-10-22/h4-8H,1-3,9-10H2,(H,19,23). The molecule has 1 aromatic carbocycles. The van der Waals surface area contributed by atoms with Gasteiger partial charge in [-0.25, -0.2) is 0 Å². The minimum atomic E-state index is -0.369. The molecule has 5 nitrogen and oxygen atoms in total. The summed E-state index contributed by atoms with van der Waals surface area (Å²) in [6.45, 7) is 1.97. The second-order valence-corrected chi connectivity index (χ2v) is 6.17. The number of carbonyl (C=O) groups excluding carboxylic acids is 1. The van der Waals surface area contributed by atoms with E-state index in [0.29, 0.717) is 15.7 Å². The van der Waals surface area contributed by atoms with E-state index < -0.39 is 0 Å². The van der Waals surface area contributed by atoms with E-state index in [1.807, 2.05) is 6.07 Å². The third-order valence-corrected chi connectivity index (χ3v) is 4.58. The van der Waals surface area contributed by atoms with Gasteiger partial charge in [0, 0.05) is 13.1 Å². The maximum Gasteiger partial charge on any atom is 0.276 e. The van der Waals surface area contributed by atoms with E-state index in [0.717, 1.165) is 31.7 Å². The van der Waals surface area contributed by atoms with Crippen LogP contribution in [0.3, 0.4) is 0 Å². The smallest absolute Gasteiger partial charge is 0.276 e. The first-order chi connectivity index (χ1) is 11.1. The number of nitrogens with one attached hydrogen (secondary N) is 1. The summed E-state index contributed by atoms with van der Waals surface area (Å²) in [6, 6.07) is 8.56. The average Bonchev–Trinajstić information content (AvgIpc) is 2.60. The van der Waals surface area contributed by atoms with E-state index in [9.17, 15) is 4.79 Å². The van der Waals surface area contributed by atoms with Crippen LogP contribution in [0.2, 0.25) is 10.0 Å². The fourth-order valence-corrected chi connectivity index (χ4v) is 2.87. The van der Waals surface area contributed by atoms with Gasteiger partial charge < -0.3 is 10.2 Å². The molecule has 3 rings (SSSR count). The molecule has 1 fully saturated rings. The van der Waals surface area contributed by atoms with Crippen LogP contribution in [-0.4, -0.2) is 29.2 Å². The maximum absolute atomic E-state index is 12.2. The largest absolute Gasteiger partial charge is 0.355 e. The average molecular weight is 351 g/mol. The van der Waals surface area contributed by atoms with Crippen molar-refractivity contribution < 1.29 is 4.79 Å². The van der Waals surface area contributed by atoms with Crippen LogP contribution in [0.5, 0.6) is 0 Å². The molecule has 120 valence electrons. The van der Waals surface area contributed by atoms with Gasteiger partial charge in [-0.3, -0.25) is 4.79 Å². The van der Waals surface area contributed by atoms with E-state index in [4.69, 9.17) is 23.2 Å². The Morgan fingerprint density at radius 2 is 1.83 bits per heavy atom. The van der Waals surface area contributed by atoms with Gasteiger partial charge in [-0.2, -0.15) is 0 Å². The summed E-state index contributed by atoms with van der Waals surface area (Å²) < 4.78 is 0. The van der Waals surface area contributed by atoms with Crippen molar-refractivity contribution in [3.05, 3.63) is 46.1 Å². The number of nitrogens with zero attached hydrogens (tertiary/aromatic N) is 3. The van der Waals surface area contributed by atoms with Crippen LogP contribution in [0.1, 0.15) is 29.8 Å². The minimum Gasteiger partial charge on any atom is -0.355 e. The molecule has 23 heavy (non-hydrogen) atoms. The Bertz CT molecular complexity index is 700. The first-order valence-electron chi connectivity index (χ1n) is 7.49. The first-order valence-corrected chi connectivity index (χ1v) is 8.25. The van der Waals surface area contributed by atoms with E-state index in [-0.39, 0.29) is 11.6 Å². The molecule has 0 bridgehead atoms. The summed E-state index contributed by atoms with van der Waals surface area (Å²) in [5.74, 6) is 0.439. The lowest BCUT2D eigenvalue weighted by atomic mass is 10.1. The molecule has 0 unspecified atom stereocenters. The topological polar surface area (TPSA) is 58.1 Å². The Kier molecular flexibility index (Phi) is 4.98. The Labute approximate surface area is 144 Å². The lowest BCUT2D eigenvalue weighted by Gasteiger charge is -2.27. The molecular weight excluding hydrogens is 335 g/mol. The number of halogens is 2. The van der Waals surface area contributed by atoms with Gasteiger partial charge in [0.1, 0.15) is 0 Å². The number of piperidine rings is 1. The summed E-state index contributed by atoms with van der Waals surface area (Å²) in [7, 11) is 0. The summed E-state index contributed by atoms with van der Waals surface area (Å²) in [4.78, 5) is 14.4. The van der Waals surface area contributed by atoms with Crippen LogP contribution >= 0.6 is 23.2 Å². The quantitative estimate of drug-likeness (QED) is 0.907. The molecular formula is C16H16Cl2N4O. The lowest BCUT2D eigenvalue weighted by Crippen LogP contribution is -2.30.